The quantitative estimate of drug-likeness (QED) is 0.744. The van der Waals surface area contributed by atoms with E-state index in [-0.39, 0.29) is 5.69 Å². The number of para-hydroxylation sites is 1. The SMILES string of the molecule is CN(C)c1nc(=O)n(-c2ccccc2)c2cc(C3COC3)ccc12. The monoisotopic (exact) mass is 321 g/mol. The maximum Gasteiger partial charge on any atom is 0.354 e. The van der Waals surface area contributed by atoms with Gasteiger partial charge in [0.15, 0.2) is 0 Å². The van der Waals surface area contributed by atoms with Crippen molar-refractivity contribution in [1.29, 1.82) is 0 Å². The smallest absolute Gasteiger partial charge is 0.354 e. The summed E-state index contributed by atoms with van der Waals surface area (Å²) >= 11 is 0. The molecule has 1 fully saturated rings. The van der Waals surface area contributed by atoms with E-state index in [1.807, 2.05) is 49.3 Å². The second-order valence-electron chi connectivity index (χ2n) is 6.29. The van der Waals surface area contributed by atoms with Crippen molar-refractivity contribution in [2.75, 3.05) is 32.2 Å². The molecule has 1 aromatic heterocycles. The Balaban J connectivity index is 2.04. The molecule has 1 aliphatic rings. The highest BCUT2D eigenvalue weighted by Crippen LogP contribution is 2.30. The maximum atomic E-state index is 12.7. The Bertz CT molecular complexity index is 944. The molecular weight excluding hydrogens is 302 g/mol. The van der Waals surface area contributed by atoms with E-state index in [0.29, 0.717) is 11.7 Å². The van der Waals surface area contributed by atoms with Crippen molar-refractivity contribution in [1.82, 2.24) is 9.55 Å². The fourth-order valence-corrected chi connectivity index (χ4v) is 3.08. The summed E-state index contributed by atoms with van der Waals surface area (Å²) in [7, 11) is 3.81. The van der Waals surface area contributed by atoms with Crippen molar-refractivity contribution in [3.8, 4) is 5.69 Å². The molecule has 5 heteroatoms. The van der Waals surface area contributed by atoms with Gasteiger partial charge in [0.2, 0.25) is 0 Å². The van der Waals surface area contributed by atoms with Gasteiger partial charge in [-0.2, -0.15) is 4.98 Å². The van der Waals surface area contributed by atoms with Gasteiger partial charge in [-0.15, -0.1) is 0 Å². The summed E-state index contributed by atoms with van der Waals surface area (Å²) in [4.78, 5) is 18.9. The first-order valence-corrected chi connectivity index (χ1v) is 8.02. The molecule has 1 aliphatic heterocycles. The molecule has 0 amide bonds. The Labute approximate surface area is 140 Å². The molecule has 2 aromatic carbocycles. The molecule has 0 bridgehead atoms. The largest absolute Gasteiger partial charge is 0.380 e. The van der Waals surface area contributed by atoms with Crippen LogP contribution < -0.4 is 10.6 Å². The zero-order valence-corrected chi connectivity index (χ0v) is 13.8. The molecule has 2 heterocycles. The second kappa shape index (κ2) is 5.76. The predicted octanol–water partition coefficient (Wildman–Crippen LogP) is 2.57. The van der Waals surface area contributed by atoms with E-state index in [1.165, 1.54) is 5.56 Å². The minimum absolute atomic E-state index is 0.264. The van der Waals surface area contributed by atoms with Crippen molar-refractivity contribution in [2.45, 2.75) is 5.92 Å². The van der Waals surface area contributed by atoms with Gasteiger partial charge in [-0.1, -0.05) is 24.3 Å². The van der Waals surface area contributed by atoms with Crippen LogP contribution in [0.5, 0.6) is 0 Å². The molecule has 0 radical (unpaired) electrons. The summed E-state index contributed by atoms with van der Waals surface area (Å²) in [5.74, 6) is 1.10. The first-order chi connectivity index (χ1) is 11.6. The van der Waals surface area contributed by atoms with Crippen LogP contribution in [0.25, 0.3) is 16.6 Å². The molecule has 0 aliphatic carbocycles. The number of rotatable bonds is 3. The molecule has 1 saturated heterocycles. The lowest BCUT2D eigenvalue weighted by Gasteiger charge is -2.27. The van der Waals surface area contributed by atoms with Crippen LogP contribution in [0.15, 0.2) is 53.3 Å². The third kappa shape index (κ3) is 2.37. The summed E-state index contributed by atoms with van der Waals surface area (Å²) in [5, 5.41) is 0.965. The van der Waals surface area contributed by atoms with Crippen LogP contribution in [0.2, 0.25) is 0 Å². The van der Waals surface area contributed by atoms with Crippen LogP contribution in [0, 0.1) is 0 Å². The van der Waals surface area contributed by atoms with Crippen LogP contribution in [-0.2, 0) is 4.74 Å². The Hall–Kier alpha value is -2.66. The number of ether oxygens (including phenoxy) is 1. The molecule has 3 aromatic rings. The van der Waals surface area contributed by atoms with E-state index >= 15 is 0 Å². The van der Waals surface area contributed by atoms with E-state index in [0.717, 1.165) is 29.8 Å². The van der Waals surface area contributed by atoms with Crippen molar-refractivity contribution in [3.63, 3.8) is 0 Å². The van der Waals surface area contributed by atoms with Gasteiger partial charge in [0.25, 0.3) is 0 Å². The normalized spacial score (nSPS) is 14.6. The molecule has 5 nitrogen and oxygen atoms in total. The van der Waals surface area contributed by atoms with E-state index in [9.17, 15) is 4.79 Å². The summed E-state index contributed by atoms with van der Waals surface area (Å²) in [5.41, 5.74) is 2.65. The van der Waals surface area contributed by atoms with Crippen LogP contribution in [0.1, 0.15) is 11.5 Å². The topological polar surface area (TPSA) is 47.4 Å². The number of aromatic nitrogens is 2. The summed E-state index contributed by atoms with van der Waals surface area (Å²) < 4.78 is 7.00. The minimum atomic E-state index is -0.264. The molecule has 24 heavy (non-hydrogen) atoms. The number of benzene rings is 2. The van der Waals surface area contributed by atoms with Crippen LogP contribution in [0.3, 0.4) is 0 Å². The zero-order chi connectivity index (χ0) is 16.7. The molecular formula is C19H19N3O2. The molecule has 0 atom stereocenters. The predicted molar refractivity (Wildman–Crippen MR) is 95.2 cm³/mol. The van der Waals surface area contributed by atoms with E-state index in [2.05, 4.69) is 23.2 Å². The maximum absolute atomic E-state index is 12.7. The van der Waals surface area contributed by atoms with Crippen molar-refractivity contribution in [2.24, 2.45) is 0 Å². The van der Waals surface area contributed by atoms with Gasteiger partial charge in [0.05, 0.1) is 24.4 Å². The van der Waals surface area contributed by atoms with Crippen LogP contribution in [-0.4, -0.2) is 36.9 Å². The van der Waals surface area contributed by atoms with Gasteiger partial charge < -0.3 is 9.64 Å². The highest BCUT2D eigenvalue weighted by atomic mass is 16.5. The van der Waals surface area contributed by atoms with Gasteiger partial charge in [0, 0.05) is 25.4 Å². The number of hydrogen-bond acceptors (Lipinski definition) is 4. The molecule has 0 spiro atoms. The molecule has 0 saturated carbocycles. The summed E-state index contributed by atoms with van der Waals surface area (Å²) in [6.07, 6.45) is 0. The second-order valence-corrected chi connectivity index (χ2v) is 6.29. The lowest BCUT2D eigenvalue weighted by molar-refractivity contribution is 0.00847. The van der Waals surface area contributed by atoms with Crippen molar-refractivity contribution >= 4 is 16.7 Å². The van der Waals surface area contributed by atoms with Crippen LogP contribution in [0.4, 0.5) is 5.82 Å². The third-order valence-electron chi connectivity index (χ3n) is 4.44. The number of fused-ring (bicyclic) bond motifs is 1. The fourth-order valence-electron chi connectivity index (χ4n) is 3.08. The van der Waals surface area contributed by atoms with Gasteiger partial charge in [-0.25, -0.2) is 4.79 Å². The zero-order valence-electron chi connectivity index (χ0n) is 13.8. The average molecular weight is 321 g/mol. The molecule has 122 valence electrons. The lowest BCUT2D eigenvalue weighted by atomic mass is 9.96. The number of anilines is 1. The van der Waals surface area contributed by atoms with Gasteiger partial charge >= 0.3 is 5.69 Å². The third-order valence-corrected chi connectivity index (χ3v) is 4.44. The molecule has 0 unspecified atom stereocenters. The van der Waals surface area contributed by atoms with Gasteiger partial charge in [-0.05, 0) is 29.8 Å². The van der Waals surface area contributed by atoms with Gasteiger partial charge in [-0.3, -0.25) is 4.57 Å². The molecule has 0 N–H and O–H groups in total. The van der Waals surface area contributed by atoms with E-state index < -0.39 is 0 Å². The standard InChI is InChI=1S/C19H19N3O2/c1-21(2)18-16-9-8-13(14-11-24-12-14)10-17(16)22(19(23)20-18)15-6-4-3-5-7-15/h3-10,14H,11-12H2,1-2H3. The van der Waals surface area contributed by atoms with Crippen molar-refractivity contribution < 1.29 is 4.74 Å². The Kier molecular flexibility index (Phi) is 3.58. The first kappa shape index (κ1) is 14.9. The Morgan fingerprint density at radius 3 is 2.50 bits per heavy atom. The van der Waals surface area contributed by atoms with E-state index in [1.54, 1.807) is 4.57 Å². The van der Waals surface area contributed by atoms with E-state index in [4.69, 9.17) is 4.74 Å². The fraction of sp³-hybridized carbons (Fsp3) is 0.263. The molecule has 4 rings (SSSR count). The summed E-state index contributed by atoms with van der Waals surface area (Å²) in [6, 6.07) is 15.9. The van der Waals surface area contributed by atoms with Gasteiger partial charge in [0.1, 0.15) is 5.82 Å². The average Bonchev–Trinajstić information content (AvgIpc) is 2.53. The van der Waals surface area contributed by atoms with Crippen LogP contribution >= 0.6 is 0 Å². The highest BCUT2D eigenvalue weighted by Gasteiger charge is 2.22. The number of hydrogen-bond donors (Lipinski definition) is 0. The number of nitrogens with zero attached hydrogens (tertiary/aromatic N) is 3. The highest BCUT2D eigenvalue weighted by molar-refractivity contribution is 5.91. The Morgan fingerprint density at radius 2 is 1.88 bits per heavy atom. The lowest BCUT2D eigenvalue weighted by Crippen LogP contribution is -2.27. The first-order valence-electron chi connectivity index (χ1n) is 8.02. The van der Waals surface area contributed by atoms with Crippen molar-refractivity contribution in [3.05, 3.63) is 64.6 Å². The Morgan fingerprint density at radius 1 is 1.12 bits per heavy atom. The minimum Gasteiger partial charge on any atom is -0.380 e. The summed E-state index contributed by atoms with van der Waals surface area (Å²) in [6.45, 7) is 1.49.